The van der Waals surface area contributed by atoms with E-state index >= 15 is 0 Å². The molecule has 1 aromatic rings. The van der Waals surface area contributed by atoms with Gasteiger partial charge in [0.05, 0.1) is 26.3 Å². The minimum atomic E-state index is 0.665. The standard InChI is InChI=1S/C19H33N2O2/c1-3-15-22-17-9-5-7-11-20-13-14-21(19-20)12-8-6-10-18-23-16-4-2/h3-4,13-14,19H,1-2,5-12,15-18H2/q+1. The Hall–Kier alpha value is -1.39. The number of aromatic nitrogens is 2. The molecule has 0 aliphatic rings. The van der Waals surface area contributed by atoms with Crippen molar-refractivity contribution in [3.05, 3.63) is 44.0 Å². The van der Waals surface area contributed by atoms with E-state index in [1.54, 1.807) is 12.2 Å². The molecule has 4 nitrogen and oxygen atoms in total. The van der Waals surface area contributed by atoms with E-state index in [0.29, 0.717) is 13.2 Å². The van der Waals surface area contributed by atoms with Crippen molar-refractivity contribution < 1.29 is 14.0 Å². The number of unbranched alkanes of at least 4 members (excludes halogenated alkanes) is 4. The second-order valence-corrected chi connectivity index (χ2v) is 5.74. The molecule has 0 unspecified atom stereocenters. The van der Waals surface area contributed by atoms with Crippen molar-refractivity contribution in [3.8, 4) is 0 Å². The number of aryl methyl sites for hydroxylation is 2. The fourth-order valence-corrected chi connectivity index (χ4v) is 2.39. The molecule has 0 saturated carbocycles. The maximum Gasteiger partial charge on any atom is 0.243 e. The van der Waals surface area contributed by atoms with Gasteiger partial charge in [0.1, 0.15) is 12.4 Å². The Morgan fingerprint density at radius 2 is 1.52 bits per heavy atom. The largest absolute Gasteiger partial charge is 0.377 e. The van der Waals surface area contributed by atoms with Crippen molar-refractivity contribution in [2.45, 2.75) is 51.6 Å². The summed E-state index contributed by atoms with van der Waals surface area (Å²) < 4.78 is 15.3. The van der Waals surface area contributed by atoms with E-state index in [1.165, 1.54) is 25.7 Å². The van der Waals surface area contributed by atoms with Gasteiger partial charge >= 0.3 is 0 Å². The molecule has 1 aromatic heterocycles. The zero-order valence-electron chi connectivity index (χ0n) is 14.5. The van der Waals surface area contributed by atoms with E-state index in [4.69, 9.17) is 9.47 Å². The van der Waals surface area contributed by atoms with Gasteiger partial charge in [-0.3, -0.25) is 0 Å². The van der Waals surface area contributed by atoms with Crippen molar-refractivity contribution >= 4 is 0 Å². The Bertz CT molecular complexity index is 379. The van der Waals surface area contributed by atoms with Gasteiger partial charge in [-0.25, -0.2) is 9.13 Å². The Morgan fingerprint density at radius 1 is 0.870 bits per heavy atom. The quantitative estimate of drug-likeness (QED) is 0.265. The first-order valence-electron chi connectivity index (χ1n) is 8.79. The number of imidazole rings is 1. The number of hydrogen-bond acceptors (Lipinski definition) is 2. The third-order valence-electron chi connectivity index (χ3n) is 3.63. The maximum absolute atomic E-state index is 5.38. The molecule has 0 aliphatic carbocycles. The van der Waals surface area contributed by atoms with Crippen LogP contribution in [-0.4, -0.2) is 31.0 Å². The smallest absolute Gasteiger partial charge is 0.243 e. The van der Waals surface area contributed by atoms with E-state index in [1.807, 2.05) is 0 Å². The zero-order chi connectivity index (χ0) is 16.6. The average Bonchev–Trinajstić information content (AvgIpc) is 3.01. The third kappa shape index (κ3) is 10.9. The van der Waals surface area contributed by atoms with Gasteiger partial charge < -0.3 is 9.47 Å². The summed E-state index contributed by atoms with van der Waals surface area (Å²) in [4.78, 5) is 0. The van der Waals surface area contributed by atoms with Crippen LogP contribution >= 0.6 is 0 Å². The summed E-state index contributed by atoms with van der Waals surface area (Å²) in [5, 5.41) is 0. The highest BCUT2D eigenvalue weighted by Gasteiger charge is 2.03. The lowest BCUT2D eigenvalue weighted by Crippen LogP contribution is -2.30. The van der Waals surface area contributed by atoms with Crippen molar-refractivity contribution in [1.29, 1.82) is 0 Å². The summed E-state index contributed by atoms with van der Waals surface area (Å²) in [6, 6.07) is 0. The lowest BCUT2D eigenvalue weighted by molar-refractivity contribution is -0.696. The Kier molecular flexibility index (Phi) is 12.2. The fraction of sp³-hybridized carbons (Fsp3) is 0.632. The van der Waals surface area contributed by atoms with E-state index in [2.05, 4.69) is 41.0 Å². The molecule has 0 aliphatic heterocycles. The molecule has 0 bridgehead atoms. The van der Waals surface area contributed by atoms with Crippen LogP contribution in [-0.2, 0) is 22.6 Å². The molecule has 4 heteroatoms. The lowest BCUT2D eigenvalue weighted by atomic mass is 10.2. The van der Waals surface area contributed by atoms with Gasteiger partial charge in [0, 0.05) is 13.2 Å². The zero-order valence-corrected chi connectivity index (χ0v) is 14.5. The van der Waals surface area contributed by atoms with E-state index in [-0.39, 0.29) is 0 Å². The van der Waals surface area contributed by atoms with Gasteiger partial charge in [0.25, 0.3) is 0 Å². The Morgan fingerprint density at radius 3 is 2.17 bits per heavy atom. The monoisotopic (exact) mass is 321 g/mol. The molecule has 0 spiro atoms. The second kappa shape index (κ2) is 14.2. The molecule has 130 valence electrons. The van der Waals surface area contributed by atoms with Crippen LogP contribution in [0, 0.1) is 0 Å². The summed E-state index contributed by atoms with van der Waals surface area (Å²) in [6.07, 6.45) is 17.2. The predicted molar refractivity (Wildman–Crippen MR) is 94.4 cm³/mol. The number of rotatable bonds is 16. The molecule has 0 amide bonds. The Balaban J connectivity index is 1.99. The fourth-order valence-electron chi connectivity index (χ4n) is 2.39. The minimum absolute atomic E-state index is 0.665. The summed E-state index contributed by atoms with van der Waals surface area (Å²) in [5.41, 5.74) is 0. The topological polar surface area (TPSA) is 27.3 Å². The first-order chi connectivity index (χ1) is 11.4. The molecular weight excluding hydrogens is 288 g/mol. The molecule has 0 atom stereocenters. The van der Waals surface area contributed by atoms with Crippen LogP contribution < -0.4 is 4.57 Å². The third-order valence-corrected chi connectivity index (χ3v) is 3.63. The number of hydrogen-bond donors (Lipinski definition) is 0. The molecule has 23 heavy (non-hydrogen) atoms. The summed E-state index contributed by atoms with van der Waals surface area (Å²) in [5.74, 6) is 0. The van der Waals surface area contributed by atoms with Crippen LogP contribution in [0.4, 0.5) is 0 Å². The van der Waals surface area contributed by atoms with E-state index < -0.39 is 0 Å². The average molecular weight is 321 g/mol. The van der Waals surface area contributed by atoms with Crippen LogP contribution in [0.25, 0.3) is 0 Å². The maximum atomic E-state index is 5.38. The molecule has 0 radical (unpaired) electrons. The highest BCUT2D eigenvalue weighted by molar-refractivity contribution is 4.66. The molecular formula is C19H33N2O2+. The van der Waals surface area contributed by atoms with Gasteiger partial charge in [-0.2, -0.15) is 0 Å². The summed E-state index contributed by atoms with van der Waals surface area (Å²) in [7, 11) is 0. The normalized spacial score (nSPS) is 10.8. The SMILES string of the molecule is C=CCOCCCCCn1cc[n+](CCCCCOCC=C)c1. The van der Waals surface area contributed by atoms with Gasteiger partial charge in [0.2, 0.25) is 6.33 Å². The minimum Gasteiger partial charge on any atom is -0.377 e. The molecule has 1 heterocycles. The van der Waals surface area contributed by atoms with E-state index in [0.717, 1.165) is 39.1 Å². The van der Waals surface area contributed by atoms with Crippen molar-refractivity contribution in [1.82, 2.24) is 4.57 Å². The van der Waals surface area contributed by atoms with Crippen molar-refractivity contribution in [2.75, 3.05) is 26.4 Å². The number of nitrogens with zero attached hydrogens (tertiary/aromatic N) is 2. The van der Waals surface area contributed by atoms with Gasteiger partial charge in [-0.15, -0.1) is 13.2 Å². The first kappa shape index (κ1) is 19.7. The molecule has 1 rings (SSSR count). The summed E-state index contributed by atoms with van der Waals surface area (Å²) >= 11 is 0. The van der Waals surface area contributed by atoms with Gasteiger partial charge in [0.15, 0.2) is 0 Å². The highest BCUT2D eigenvalue weighted by atomic mass is 16.5. The molecule has 0 aromatic carbocycles. The molecule has 0 N–H and O–H groups in total. The van der Waals surface area contributed by atoms with Crippen LogP contribution in [0.1, 0.15) is 38.5 Å². The second-order valence-electron chi connectivity index (χ2n) is 5.74. The lowest BCUT2D eigenvalue weighted by Gasteiger charge is -2.01. The van der Waals surface area contributed by atoms with E-state index in [9.17, 15) is 0 Å². The van der Waals surface area contributed by atoms with Gasteiger partial charge in [-0.05, 0) is 38.5 Å². The van der Waals surface area contributed by atoms with Crippen LogP contribution in [0.5, 0.6) is 0 Å². The van der Waals surface area contributed by atoms with Crippen LogP contribution in [0.15, 0.2) is 44.0 Å². The molecule has 0 saturated heterocycles. The van der Waals surface area contributed by atoms with Crippen LogP contribution in [0.2, 0.25) is 0 Å². The number of ether oxygens (including phenoxy) is 2. The van der Waals surface area contributed by atoms with Crippen LogP contribution in [0.3, 0.4) is 0 Å². The van der Waals surface area contributed by atoms with Gasteiger partial charge in [-0.1, -0.05) is 12.2 Å². The summed E-state index contributed by atoms with van der Waals surface area (Å²) in [6.45, 7) is 12.5. The molecule has 0 fully saturated rings. The van der Waals surface area contributed by atoms with Crippen molar-refractivity contribution in [3.63, 3.8) is 0 Å². The van der Waals surface area contributed by atoms with Crippen molar-refractivity contribution in [2.24, 2.45) is 0 Å². The first-order valence-corrected chi connectivity index (χ1v) is 8.79. The Labute approximate surface area is 141 Å². The highest BCUT2D eigenvalue weighted by Crippen LogP contribution is 2.00. The predicted octanol–water partition coefficient (Wildman–Crippen LogP) is 3.52.